The van der Waals surface area contributed by atoms with Crippen molar-refractivity contribution >= 4 is 24.0 Å². The largest absolute Gasteiger partial charge is 0.497 e. The lowest BCUT2D eigenvalue weighted by atomic mass is 10.0. The summed E-state index contributed by atoms with van der Waals surface area (Å²) in [5, 5.41) is 0. The van der Waals surface area contributed by atoms with Crippen LogP contribution in [-0.2, 0) is 11.2 Å². The first-order valence-corrected chi connectivity index (χ1v) is 7.40. The summed E-state index contributed by atoms with van der Waals surface area (Å²) < 4.78 is 5.23. The molecule has 2 aromatic rings. The first-order chi connectivity index (χ1) is 10.6. The molecular weight excluding hydrogens is 312 g/mol. The molecule has 0 aromatic heterocycles. The Morgan fingerprint density at radius 2 is 1.91 bits per heavy atom. The van der Waals surface area contributed by atoms with Gasteiger partial charge < -0.3 is 15.4 Å². The van der Waals surface area contributed by atoms with Gasteiger partial charge in [0.05, 0.1) is 7.11 Å². The zero-order valence-corrected chi connectivity index (χ0v) is 14.1. The van der Waals surface area contributed by atoms with Gasteiger partial charge in [-0.1, -0.05) is 29.8 Å². The molecule has 1 atom stereocenters. The molecule has 2 aromatic carbocycles. The fourth-order valence-corrected chi connectivity index (χ4v) is 2.82. The van der Waals surface area contributed by atoms with Crippen LogP contribution in [0.25, 0.3) is 0 Å². The van der Waals surface area contributed by atoms with E-state index in [1.165, 1.54) is 0 Å². The number of ether oxygens (including phenoxy) is 1. The van der Waals surface area contributed by atoms with Crippen LogP contribution in [0.1, 0.15) is 22.7 Å². The molecule has 0 bridgehead atoms. The summed E-state index contributed by atoms with van der Waals surface area (Å²) in [6, 6.07) is 13.0. The quantitative estimate of drug-likeness (QED) is 0.940. The minimum absolute atomic E-state index is 0. The maximum Gasteiger partial charge on any atom is 0.248 e. The van der Waals surface area contributed by atoms with Gasteiger partial charge in [0.1, 0.15) is 11.8 Å². The summed E-state index contributed by atoms with van der Waals surface area (Å²) in [5.41, 5.74) is 10.2. The van der Waals surface area contributed by atoms with Gasteiger partial charge in [-0.25, -0.2) is 0 Å². The topological polar surface area (TPSA) is 55.6 Å². The first kappa shape index (κ1) is 17.3. The Morgan fingerprint density at radius 3 is 2.57 bits per heavy atom. The number of carbonyl (C=O) groups is 1. The lowest BCUT2D eigenvalue weighted by molar-refractivity contribution is -0.119. The molecule has 0 radical (unpaired) electrons. The van der Waals surface area contributed by atoms with Crippen LogP contribution in [-0.4, -0.2) is 19.6 Å². The summed E-state index contributed by atoms with van der Waals surface area (Å²) in [6.45, 7) is 2.68. The number of nitrogens with zero attached hydrogens (tertiary/aromatic N) is 1. The Labute approximate surface area is 142 Å². The maximum atomic E-state index is 12.7. The lowest BCUT2D eigenvalue weighted by Gasteiger charge is -2.22. The van der Waals surface area contributed by atoms with Gasteiger partial charge in [0.25, 0.3) is 0 Å². The molecule has 3 rings (SSSR count). The van der Waals surface area contributed by atoms with Crippen molar-refractivity contribution in [2.75, 3.05) is 18.6 Å². The van der Waals surface area contributed by atoms with E-state index in [9.17, 15) is 4.79 Å². The molecule has 1 amide bonds. The summed E-state index contributed by atoms with van der Waals surface area (Å²) in [5.74, 6) is 0.753. The molecule has 122 valence electrons. The van der Waals surface area contributed by atoms with Crippen LogP contribution >= 0.6 is 12.4 Å². The van der Waals surface area contributed by atoms with Crippen LogP contribution in [0.2, 0.25) is 0 Å². The zero-order chi connectivity index (χ0) is 15.7. The third kappa shape index (κ3) is 3.33. The fourth-order valence-electron chi connectivity index (χ4n) is 2.82. The second-order valence-corrected chi connectivity index (χ2v) is 5.62. The Balaban J connectivity index is 0.00000192. The molecule has 0 fully saturated rings. The molecule has 5 heteroatoms. The van der Waals surface area contributed by atoms with Gasteiger partial charge in [-0.2, -0.15) is 0 Å². The molecule has 1 unspecified atom stereocenters. The predicted molar refractivity (Wildman–Crippen MR) is 94.4 cm³/mol. The van der Waals surface area contributed by atoms with Gasteiger partial charge in [0.15, 0.2) is 0 Å². The molecule has 0 saturated heterocycles. The monoisotopic (exact) mass is 332 g/mol. The number of carbonyl (C=O) groups excluding carboxylic acids is 1. The molecule has 2 N–H and O–H groups in total. The number of hydrogen-bond acceptors (Lipinski definition) is 3. The van der Waals surface area contributed by atoms with E-state index in [0.29, 0.717) is 6.54 Å². The number of fused-ring (bicyclic) bond motifs is 1. The number of hydrogen-bond donors (Lipinski definition) is 1. The smallest absolute Gasteiger partial charge is 0.248 e. The van der Waals surface area contributed by atoms with Crippen LogP contribution in [0.5, 0.6) is 5.75 Å². The highest BCUT2D eigenvalue weighted by Gasteiger charge is 2.29. The van der Waals surface area contributed by atoms with E-state index in [4.69, 9.17) is 10.5 Å². The van der Waals surface area contributed by atoms with Crippen molar-refractivity contribution in [3.05, 3.63) is 59.2 Å². The van der Waals surface area contributed by atoms with Crippen LogP contribution in [0, 0.1) is 6.92 Å². The minimum atomic E-state index is -0.631. The van der Waals surface area contributed by atoms with Gasteiger partial charge >= 0.3 is 0 Å². The average Bonchev–Trinajstić information content (AvgIpc) is 2.97. The van der Waals surface area contributed by atoms with Crippen molar-refractivity contribution < 1.29 is 9.53 Å². The number of halogens is 1. The number of rotatable bonds is 3. The number of anilines is 1. The van der Waals surface area contributed by atoms with Crippen LogP contribution in [0.3, 0.4) is 0 Å². The number of nitrogens with two attached hydrogens (primary N) is 1. The van der Waals surface area contributed by atoms with Gasteiger partial charge in [-0.15, -0.1) is 12.4 Å². The van der Waals surface area contributed by atoms with E-state index < -0.39 is 6.04 Å². The highest BCUT2D eigenvalue weighted by Crippen LogP contribution is 2.32. The number of methoxy groups -OCH3 is 1. The maximum absolute atomic E-state index is 12.7. The second kappa shape index (κ2) is 7.02. The molecule has 0 spiro atoms. The molecule has 1 aliphatic heterocycles. The first-order valence-electron chi connectivity index (χ1n) is 7.40. The van der Waals surface area contributed by atoms with Crippen molar-refractivity contribution in [2.45, 2.75) is 19.4 Å². The van der Waals surface area contributed by atoms with Crippen LogP contribution < -0.4 is 15.4 Å². The predicted octanol–water partition coefficient (Wildman–Crippen LogP) is 3.01. The van der Waals surface area contributed by atoms with Crippen LogP contribution in [0.15, 0.2) is 42.5 Å². The van der Waals surface area contributed by atoms with Crippen molar-refractivity contribution in [3.8, 4) is 5.75 Å². The lowest BCUT2D eigenvalue weighted by Crippen LogP contribution is -2.37. The molecular formula is C18H21ClN2O2. The minimum Gasteiger partial charge on any atom is -0.497 e. The number of benzene rings is 2. The third-order valence-electron chi connectivity index (χ3n) is 4.15. The Morgan fingerprint density at radius 1 is 1.22 bits per heavy atom. The van der Waals surface area contributed by atoms with Crippen molar-refractivity contribution in [1.82, 2.24) is 0 Å². The summed E-state index contributed by atoms with van der Waals surface area (Å²) in [7, 11) is 1.65. The molecule has 23 heavy (non-hydrogen) atoms. The van der Waals surface area contributed by atoms with E-state index in [1.807, 2.05) is 49.4 Å². The second-order valence-electron chi connectivity index (χ2n) is 5.62. The molecule has 0 saturated carbocycles. The number of aryl methyl sites for hydroxylation is 1. The fraction of sp³-hybridized carbons (Fsp3) is 0.278. The van der Waals surface area contributed by atoms with Gasteiger partial charge in [-0.05, 0) is 42.7 Å². The Hall–Kier alpha value is -2.04. The Kier molecular flexibility index (Phi) is 5.29. The highest BCUT2D eigenvalue weighted by atomic mass is 35.5. The van der Waals surface area contributed by atoms with E-state index in [-0.39, 0.29) is 18.3 Å². The SMILES string of the molecule is COc1ccc2c(c1)CCN2C(=O)C(N)c1ccc(C)cc1.Cl. The van der Waals surface area contributed by atoms with Crippen molar-refractivity contribution in [1.29, 1.82) is 0 Å². The average molecular weight is 333 g/mol. The van der Waals surface area contributed by atoms with E-state index >= 15 is 0 Å². The van der Waals surface area contributed by atoms with Crippen LogP contribution in [0.4, 0.5) is 5.69 Å². The molecule has 4 nitrogen and oxygen atoms in total. The van der Waals surface area contributed by atoms with Crippen molar-refractivity contribution in [3.63, 3.8) is 0 Å². The van der Waals surface area contributed by atoms with E-state index in [2.05, 4.69) is 0 Å². The van der Waals surface area contributed by atoms with Crippen molar-refractivity contribution in [2.24, 2.45) is 5.73 Å². The molecule has 1 heterocycles. The summed E-state index contributed by atoms with van der Waals surface area (Å²) in [6.07, 6.45) is 0.832. The third-order valence-corrected chi connectivity index (χ3v) is 4.15. The van der Waals surface area contributed by atoms with Gasteiger partial charge in [0, 0.05) is 12.2 Å². The van der Waals surface area contributed by atoms with E-state index in [1.54, 1.807) is 12.0 Å². The van der Waals surface area contributed by atoms with E-state index in [0.717, 1.165) is 34.5 Å². The standard InChI is InChI=1S/C18H20N2O2.ClH/c1-12-3-5-13(6-4-12)17(19)18(21)20-10-9-14-11-15(22-2)7-8-16(14)20;/h3-8,11,17H,9-10,19H2,1-2H3;1H. The Bertz CT molecular complexity index is 701. The molecule has 0 aliphatic carbocycles. The summed E-state index contributed by atoms with van der Waals surface area (Å²) >= 11 is 0. The molecule has 1 aliphatic rings. The summed E-state index contributed by atoms with van der Waals surface area (Å²) in [4.78, 5) is 14.5. The van der Waals surface area contributed by atoms with Gasteiger partial charge in [-0.3, -0.25) is 4.79 Å². The number of amides is 1. The zero-order valence-electron chi connectivity index (χ0n) is 13.3. The van der Waals surface area contributed by atoms with Gasteiger partial charge in [0.2, 0.25) is 5.91 Å². The normalized spacial score (nSPS) is 14.0. The highest BCUT2D eigenvalue weighted by molar-refractivity contribution is 5.99.